The fraction of sp³-hybridized carbons (Fsp3) is 0.235. The van der Waals surface area contributed by atoms with Gasteiger partial charge in [0.2, 0.25) is 5.89 Å². The third-order valence-corrected chi connectivity index (χ3v) is 6.91. The highest BCUT2D eigenvalue weighted by Crippen LogP contribution is 2.36. The van der Waals surface area contributed by atoms with Gasteiger partial charge in [0.25, 0.3) is 5.91 Å². The molecule has 0 saturated carbocycles. The minimum atomic E-state index is -4.67. The summed E-state index contributed by atoms with van der Waals surface area (Å²) in [5.74, 6) is -0.113. The van der Waals surface area contributed by atoms with Crippen LogP contribution in [0.2, 0.25) is 0 Å². The fourth-order valence-corrected chi connectivity index (χ4v) is 4.64. The molecule has 4 aromatic carbocycles. The summed E-state index contributed by atoms with van der Waals surface area (Å²) in [4.78, 5) is 17.7. The van der Waals surface area contributed by atoms with Crippen LogP contribution in [0.5, 0.6) is 5.75 Å². The zero-order valence-electron chi connectivity index (χ0n) is 23.6. The quantitative estimate of drug-likeness (QED) is 0.188. The number of amides is 1. The standard InChI is InChI=1S/C34H31F3N2O3/c1-33(2,3)23-15-17-30-28(20-23)39-32(42-30)26-21-24(38-31(40)25-13-7-8-14-27(25)34(35,36)37)16-18-29(26)41-19-9-12-22-10-5-4-6-11-22/h4-8,10-11,13-18,20-21H,9,12,19H2,1-3H3,(H,38,40). The second kappa shape index (κ2) is 11.7. The Balaban J connectivity index is 1.45. The van der Waals surface area contributed by atoms with Crippen LogP contribution >= 0.6 is 0 Å². The molecule has 216 valence electrons. The number of carbonyl (C=O) groups is 1. The maximum atomic E-state index is 13.5. The van der Waals surface area contributed by atoms with E-state index in [-0.39, 0.29) is 17.0 Å². The molecular weight excluding hydrogens is 541 g/mol. The normalized spacial score (nSPS) is 12.0. The maximum Gasteiger partial charge on any atom is 0.417 e. The molecule has 5 aromatic rings. The van der Waals surface area contributed by atoms with Gasteiger partial charge in [0.05, 0.1) is 23.3 Å². The second-order valence-corrected chi connectivity index (χ2v) is 11.1. The average molecular weight is 573 g/mol. The van der Waals surface area contributed by atoms with Crippen molar-refractivity contribution in [3.63, 3.8) is 0 Å². The molecular formula is C34H31F3N2O3. The van der Waals surface area contributed by atoms with Crippen molar-refractivity contribution in [3.05, 3.63) is 113 Å². The van der Waals surface area contributed by atoms with Gasteiger partial charge in [0.1, 0.15) is 11.3 Å². The molecule has 0 bridgehead atoms. The van der Waals surface area contributed by atoms with Gasteiger partial charge in [-0.2, -0.15) is 13.2 Å². The Labute approximate surface area is 242 Å². The second-order valence-electron chi connectivity index (χ2n) is 11.1. The lowest BCUT2D eigenvalue weighted by Gasteiger charge is -2.18. The lowest BCUT2D eigenvalue weighted by molar-refractivity contribution is -0.137. The summed E-state index contributed by atoms with van der Waals surface area (Å²) in [7, 11) is 0. The maximum absolute atomic E-state index is 13.5. The smallest absolute Gasteiger partial charge is 0.417 e. The number of rotatable bonds is 8. The first-order valence-electron chi connectivity index (χ1n) is 13.7. The highest BCUT2D eigenvalue weighted by Gasteiger charge is 2.35. The first-order chi connectivity index (χ1) is 20.0. The van der Waals surface area contributed by atoms with E-state index >= 15 is 0 Å². The lowest BCUT2D eigenvalue weighted by atomic mass is 9.87. The van der Waals surface area contributed by atoms with Gasteiger partial charge in [-0.15, -0.1) is 0 Å². The number of halogens is 3. The highest BCUT2D eigenvalue weighted by molar-refractivity contribution is 6.05. The number of nitrogens with one attached hydrogen (secondary N) is 1. The minimum absolute atomic E-state index is 0.0861. The number of aryl methyl sites for hydroxylation is 1. The Hall–Kier alpha value is -4.59. The predicted octanol–water partition coefficient (Wildman–Crippen LogP) is 9.07. The first kappa shape index (κ1) is 28.9. The van der Waals surface area contributed by atoms with Crippen LogP contribution in [0.3, 0.4) is 0 Å². The summed E-state index contributed by atoms with van der Waals surface area (Å²) >= 11 is 0. The molecule has 1 amide bonds. The van der Waals surface area contributed by atoms with Gasteiger partial charge in [-0.25, -0.2) is 4.98 Å². The van der Waals surface area contributed by atoms with Crippen molar-refractivity contribution in [2.45, 2.75) is 45.2 Å². The number of ether oxygens (including phenoxy) is 1. The number of hydrogen-bond acceptors (Lipinski definition) is 4. The number of oxazole rings is 1. The number of alkyl halides is 3. The molecule has 1 N–H and O–H groups in total. The zero-order valence-corrected chi connectivity index (χ0v) is 23.6. The summed E-state index contributed by atoms with van der Waals surface area (Å²) in [5.41, 5.74) is 2.74. The third-order valence-electron chi connectivity index (χ3n) is 6.91. The van der Waals surface area contributed by atoms with Gasteiger partial charge >= 0.3 is 6.18 Å². The molecule has 0 aliphatic rings. The van der Waals surface area contributed by atoms with Crippen LogP contribution in [0.4, 0.5) is 18.9 Å². The molecule has 0 fully saturated rings. The molecule has 1 heterocycles. The monoisotopic (exact) mass is 572 g/mol. The molecule has 5 rings (SSSR count). The first-order valence-corrected chi connectivity index (χ1v) is 13.7. The molecule has 5 nitrogen and oxygen atoms in total. The topological polar surface area (TPSA) is 64.4 Å². The highest BCUT2D eigenvalue weighted by atomic mass is 19.4. The van der Waals surface area contributed by atoms with Crippen LogP contribution < -0.4 is 10.1 Å². The number of anilines is 1. The van der Waals surface area contributed by atoms with Crippen molar-refractivity contribution < 1.29 is 27.1 Å². The number of benzene rings is 4. The lowest BCUT2D eigenvalue weighted by Crippen LogP contribution is -2.18. The van der Waals surface area contributed by atoms with Crippen molar-refractivity contribution in [3.8, 4) is 17.2 Å². The van der Waals surface area contributed by atoms with Crippen LogP contribution in [0.15, 0.2) is 95.4 Å². The van der Waals surface area contributed by atoms with E-state index in [0.717, 1.165) is 30.5 Å². The molecule has 8 heteroatoms. The van der Waals surface area contributed by atoms with Crippen LogP contribution in [0.1, 0.15) is 54.2 Å². The molecule has 0 atom stereocenters. The molecule has 0 aliphatic carbocycles. The van der Waals surface area contributed by atoms with Crippen LogP contribution in [-0.4, -0.2) is 17.5 Å². The molecule has 0 spiro atoms. The van der Waals surface area contributed by atoms with Gasteiger partial charge in [-0.1, -0.05) is 69.3 Å². The summed E-state index contributed by atoms with van der Waals surface area (Å²) in [5, 5.41) is 2.60. The summed E-state index contributed by atoms with van der Waals surface area (Å²) < 4.78 is 52.8. The Bertz CT molecular complexity index is 1700. The number of fused-ring (bicyclic) bond motifs is 1. The van der Waals surface area contributed by atoms with E-state index in [4.69, 9.17) is 14.1 Å². The van der Waals surface area contributed by atoms with Crippen molar-refractivity contribution >= 4 is 22.7 Å². The van der Waals surface area contributed by atoms with E-state index in [1.165, 1.54) is 17.7 Å². The van der Waals surface area contributed by atoms with E-state index < -0.39 is 23.2 Å². The van der Waals surface area contributed by atoms with Gasteiger partial charge in [0, 0.05) is 5.69 Å². The summed E-state index contributed by atoms with van der Waals surface area (Å²) in [6.07, 6.45) is -3.07. The molecule has 0 aliphatic heterocycles. The van der Waals surface area contributed by atoms with Crippen LogP contribution in [-0.2, 0) is 18.0 Å². The fourth-order valence-electron chi connectivity index (χ4n) is 4.64. The van der Waals surface area contributed by atoms with Crippen molar-refractivity contribution in [2.75, 3.05) is 11.9 Å². The Morgan fingerprint density at radius 1 is 0.905 bits per heavy atom. The van der Waals surface area contributed by atoms with Gasteiger partial charge in [-0.05, 0) is 71.8 Å². The largest absolute Gasteiger partial charge is 0.493 e. The number of carbonyl (C=O) groups excluding carboxylic acids is 1. The van der Waals surface area contributed by atoms with E-state index in [9.17, 15) is 18.0 Å². The van der Waals surface area contributed by atoms with Gasteiger partial charge < -0.3 is 14.5 Å². The number of hydrogen-bond donors (Lipinski definition) is 1. The Morgan fingerprint density at radius 2 is 1.64 bits per heavy atom. The third kappa shape index (κ3) is 6.65. The van der Waals surface area contributed by atoms with E-state index in [2.05, 4.69) is 38.2 Å². The van der Waals surface area contributed by atoms with E-state index in [1.54, 1.807) is 18.2 Å². The molecule has 0 saturated heterocycles. The SMILES string of the molecule is CC(C)(C)c1ccc2oc(-c3cc(NC(=O)c4ccccc4C(F)(F)F)ccc3OCCCc3ccccc3)nc2c1. The Kier molecular flexibility index (Phi) is 8.07. The molecule has 1 aromatic heterocycles. The number of aromatic nitrogens is 1. The zero-order chi connectivity index (χ0) is 29.9. The molecule has 0 radical (unpaired) electrons. The van der Waals surface area contributed by atoms with Crippen LogP contribution in [0, 0.1) is 0 Å². The summed E-state index contributed by atoms with van der Waals surface area (Å²) in [6, 6.07) is 25.5. The van der Waals surface area contributed by atoms with Gasteiger partial charge in [-0.3, -0.25) is 4.79 Å². The summed E-state index contributed by atoms with van der Waals surface area (Å²) in [6.45, 7) is 6.75. The van der Waals surface area contributed by atoms with Crippen molar-refractivity contribution in [1.29, 1.82) is 0 Å². The molecule has 0 unspecified atom stereocenters. The van der Waals surface area contributed by atoms with Crippen molar-refractivity contribution in [2.24, 2.45) is 0 Å². The van der Waals surface area contributed by atoms with E-state index in [0.29, 0.717) is 29.0 Å². The predicted molar refractivity (Wildman–Crippen MR) is 158 cm³/mol. The van der Waals surface area contributed by atoms with E-state index in [1.807, 2.05) is 36.4 Å². The van der Waals surface area contributed by atoms with Gasteiger partial charge in [0.15, 0.2) is 5.58 Å². The number of nitrogens with zero attached hydrogens (tertiary/aromatic N) is 1. The van der Waals surface area contributed by atoms with Crippen LogP contribution in [0.25, 0.3) is 22.6 Å². The average Bonchev–Trinajstić information content (AvgIpc) is 3.39. The molecule has 42 heavy (non-hydrogen) atoms. The minimum Gasteiger partial charge on any atom is -0.493 e. The Morgan fingerprint density at radius 3 is 2.38 bits per heavy atom. The van der Waals surface area contributed by atoms with Crippen molar-refractivity contribution in [1.82, 2.24) is 4.98 Å².